The maximum Gasteiger partial charge on any atom is 0.333 e. The van der Waals surface area contributed by atoms with E-state index in [0.717, 1.165) is 6.42 Å². The van der Waals surface area contributed by atoms with E-state index < -0.39 is 0 Å². The molecule has 6 nitrogen and oxygen atoms in total. The molecule has 0 aromatic rings. The number of nitrogens with zero attached hydrogens (tertiary/aromatic N) is 3. The molecule has 0 saturated heterocycles. The van der Waals surface area contributed by atoms with Crippen LogP contribution in [-0.2, 0) is 9.53 Å². The van der Waals surface area contributed by atoms with Crippen LogP contribution in [0.2, 0.25) is 0 Å². The van der Waals surface area contributed by atoms with Crippen molar-refractivity contribution in [1.82, 2.24) is 0 Å². The number of rotatable bonds is 3. The molecule has 0 fully saturated rings. The molecule has 16 heavy (non-hydrogen) atoms. The van der Waals surface area contributed by atoms with Gasteiger partial charge in [-0.3, -0.25) is 0 Å². The molecule has 0 bridgehead atoms. The Kier molecular flexibility index (Phi) is 4.34. The summed E-state index contributed by atoms with van der Waals surface area (Å²) in [4.78, 5) is 14.2. The summed E-state index contributed by atoms with van der Waals surface area (Å²) in [5, 5.41) is 3.64. The molecule has 3 atom stereocenters. The second-order valence-electron chi connectivity index (χ2n) is 3.81. The molecule has 2 unspecified atom stereocenters. The van der Waals surface area contributed by atoms with Gasteiger partial charge in [-0.15, -0.1) is 0 Å². The highest BCUT2D eigenvalue weighted by Crippen LogP contribution is 2.27. The summed E-state index contributed by atoms with van der Waals surface area (Å²) >= 11 is 0. The van der Waals surface area contributed by atoms with E-state index in [1.165, 1.54) is 7.11 Å². The van der Waals surface area contributed by atoms with Gasteiger partial charge < -0.3 is 10.5 Å². The second-order valence-corrected chi connectivity index (χ2v) is 3.81. The van der Waals surface area contributed by atoms with E-state index in [9.17, 15) is 4.79 Å². The third-order valence-corrected chi connectivity index (χ3v) is 2.90. The van der Waals surface area contributed by atoms with Gasteiger partial charge in [0.15, 0.2) is 0 Å². The number of methoxy groups -OCH3 is 1. The second kappa shape index (κ2) is 5.53. The fourth-order valence-corrected chi connectivity index (χ4v) is 1.94. The van der Waals surface area contributed by atoms with Crippen LogP contribution in [0.4, 0.5) is 0 Å². The first-order valence-corrected chi connectivity index (χ1v) is 5.22. The lowest BCUT2D eigenvalue weighted by atomic mass is 9.82. The van der Waals surface area contributed by atoms with Crippen LogP contribution in [0, 0.1) is 5.92 Å². The summed E-state index contributed by atoms with van der Waals surface area (Å²) in [6.07, 6.45) is 2.99. The first-order chi connectivity index (χ1) is 7.63. The number of carbonyl (C=O) groups is 1. The van der Waals surface area contributed by atoms with Crippen LogP contribution >= 0.6 is 0 Å². The van der Waals surface area contributed by atoms with E-state index in [0.29, 0.717) is 12.0 Å². The molecule has 0 spiro atoms. The molecule has 0 aromatic heterocycles. The lowest BCUT2D eigenvalue weighted by molar-refractivity contribution is -0.136. The third kappa shape index (κ3) is 2.53. The molecule has 2 N–H and O–H groups in total. The molecule has 0 aromatic carbocycles. The number of azide groups is 1. The number of hydrogen-bond donors (Lipinski definition) is 1. The average molecular weight is 224 g/mol. The summed E-state index contributed by atoms with van der Waals surface area (Å²) < 4.78 is 4.66. The average Bonchev–Trinajstić information content (AvgIpc) is 2.31. The van der Waals surface area contributed by atoms with Gasteiger partial charge in [-0.05, 0) is 24.3 Å². The van der Waals surface area contributed by atoms with Gasteiger partial charge >= 0.3 is 5.97 Å². The highest BCUT2D eigenvalue weighted by atomic mass is 16.5. The highest BCUT2D eigenvalue weighted by molar-refractivity contribution is 5.88. The Morgan fingerprint density at radius 1 is 1.81 bits per heavy atom. The van der Waals surface area contributed by atoms with E-state index in [4.69, 9.17) is 11.3 Å². The van der Waals surface area contributed by atoms with E-state index in [1.54, 1.807) is 0 Å². The smallest absolute Gasteiger partial charge is 0.333 e. The lowest BCUT2D eigenvalue weighted by Gasteiger charge is -2.30. The van der Waals surface area contributed by atoms with Gasteiger partial charge in [0.25, 0.3) is 0 Å². The molecule has 88 valence electrons. The van der Waals surface area contributed by atoms with Crippen molar-refractivity contribution in [3.05, 3.63) is 22.1 Å². The molecule has 0 radical (unpaired) electrons. The molecular weight excluding hydrogens is 208 g/mol. The lowest BCUT2D eigenvalue weighted by Crippen LogP contribution is -2.43. The molecule has 6 heteroatoms. The zero-order valence-corrected chi connectivity index (χ0v) is 9.46. The van der Waals surface area contributed by atoms with Gasteiger partial charge in [-0.25, -0.2) is 4.79 Å². The van der Waals surface area contributed by atoms with Gasteiger partial charge in [0.05, 0.1) is 13.2 Å². The van der Waals surface area contributed by atoms with Gasteiger partial charge in [0, 0.05) is 16.5 Å². The standard InChI is InChI=1S/C10H16N4O2/c1-3-6-4-7(10(15)16-2)5-8(9(6)11)13-14-12/h4,6,8-9H,3,5,11H2,1-2H3/t6-,8?,9?/m1/s1. The molecule has 0 aliphatic heterocycles. The van der Waals surface area contributed by atoms with Crippen molar-refractivity contribution in [1.29, 1.82) is 0 Å². The number of carbonyl (C=O) groups excluding carboxylic acids is 1. The Morgan fingerprint density at radius 2 is 2.50 bits per heavy atom. The number of esters is 1. The molecule has 1 aliphatic carbocycles. The summed E-state index contributed by atoms with van der Waals surface area (Å²) in [6, 6.07) is -0.594. The van der Waals surface area contributed by atoms with Crippen molar-refractivity contribution < 1.29 is 9.53 Å². The van der Waals surface area contributed by atoms with Crippen molar-refractivity contribution in [3.8, 4) is 0 Å². The molecule has 0 saturated carbocycles. The first kappa shape index (κ1) is 12.5. The van der Waals surface area contributed by atoms with Crippen LogP contribution in [0.25, 0.3) is 10.4 Å². The Balaban J connectivity index is 2.95. The number of hydrogen-bond acceptors (Lipinski definition) is 4. The largest absolute Gasteiger partial charge is 0.466 e. The predicted octanol–water partition coefficient (Wildman–Crippen LogP) is 1.52. The van der Waals surface area contributed by atoms with E-state index in [1.807, 2.05) is 13.0 Å². The summed E-state index contributed by atoms with van der Waals surface area (Å²) in [5.41, 5.74) is 15.0. The van der Waals surface area contributed by atoms with Crippen molar-refractivity contribution in [2.75, 3.05) is 7.11 Å². The zero-order chi connectivity index (χ0) is 12.1. The maximum atomic E-state index is 11.4. The van der Waals surface area contributed by atoms with Crippen LogP contribution in [-0.4, -0.2) is 25.2 Å². The SMILES string of the molecule is CC[C@@H]1C=C(C(=O)OC)CC(N=[N+]=[N-])C1N. The fraction of sp³-hybridized carbons (Fsp3) is 0.700. The molecule has 1 rings (SSSR count). The minimum absolute atomic E-state index is 0.0540. The fourth-order valence-electron chi connectivity index (χ4n) is 1.94. The molecule has 1 aliphatic rings. The molecule has 0 amide bonds. The highest BCUT2D eigenvalue weighted by Gasteiger charge is 2.31. The Morgan fingerprint density at radius 3 is 3.00 bits per heavy atom. The summed E-state index contributed by atoms with van der Waals surface area (Å²) in [7, 11) is 1.33. The van der Waals surface area contributed by atoms with Crippen molar-refractivity contribution in [3.63, 3.8) is 0 Å². The Labute approximate surface area is 94.1 Å². The zero-order valence-electron chi connectivity index (χ0n) is 9.46. The van der Waals surface area contributed by atoms with Crippen LogP contribution in [0.15, 0.2) is 16.8 Å². The van der Waals surface area contributed by atoms with Crippen molar-refractivity contribution in [2.45, 2.75) is 31.8 Å². The van der Waals surface area contributed by atoms with E-state index in [-0.39, 0.29) is 24.0 Å². The first-order valence-electron chi connectivity index (χ1n) is 5.22. The summed E-state index contributed by atoms with van der Waals surface area (Å²) in [6.45, 7) is 1.98. The Hall–Kier alpha value is -1.52. The van der Waals surface area contributed by atoms with E-state index in [2.05, 4.69) is 14.8 Å². The quantitative estimate of drug-likeness (QED) is 0.340. The van der Waals surface area contributed by atoms with Crippen LogP contribution < -0.4 is 5.73 Å². The number of nitrogens with two attached hydrogens (primary N) is 1. The van der Waals surface area contributed by atoms with Crippen LogP contribution in [0.1, 0.15) is 19.8 Å². The van der Waals surface area contributed by atoms with Gasteiger partial charge in [-0.2, -0.15) is 0 Å². The molecular formula is C10H16N4O2. The maximum absolute atomic E-state index is 11.4. The third-order valence-electron chi connectivity index (χ3n) is 2.90. The van der Waals surface area contributed by atoms with Crippen molar-refractivity contribution >= 4 is 5.97 Å². The van der Waals surface area contributed by atoms with Crippen LogP contribution in [0.3, 0.4) is 0 Å². The normalized spacial score (nSPS) is 28.9. The van der Waals surface area contributed by atoms with E-state index >= 15 is 0 Å². The van der Waals surface area contributed by atoms with Crippen LogP contribution in [0.5, 0.6) is 0 Å². The minimum Gasteiger partial charge on any atom is -0.466 e. The predicted molar refractivity (Wildman–Crippen MR) is 59.4 cm³/mol. The molecule has 0 heterocycles. The Bertz CT molecular complexity index is 347. The number of ether oxygens (including phenoxy) is 1. The van der Waals surface area contributed by atoms with Gasteiger partial charge in [0.1, 0.15) is 0 Å². The monoisotopic (exact) mass is 224 g/mol. The van der Waals surface area contributed by atoms with Crippen molar-refractivity contribution in [2.24, 2.45) is 16.8 Å². The topological polar surface area (TPSA) is 101 Å². The minimum atomic E-state index is -0.372. The van der Waals surface area contributed by atoms with Gasteiger partial charge in [0.2, 0.25) is 0 Å². The summed E-state index contributed by atoms with van der Waals surface area (Å²) in [5.74, 6) is -0.318. The van der Waals surface area contributed by atoms with Gasteiger partial charge in [-0.1, -0.05) is 18.1 Å².